The van der Waals surface area contributed by atoms with Crippen LogP contribution < -0.4 is 0 Å². The van der Waals surface area contributed by atoms with E-state index < -0.39 is 5.97 Å². The lowest BCUT2D eigenvalue weighted by molar-refractivity contribution is 0.0428. The van der Waals surface area contributed by atoms with E-state index in [1.165, 1.54) is 18.2 Å². The fraction of sp³-hybridized carbons (Fsp3) is 0.125. The van der Waals surface area contributed by atoms with Gasteiger partial charge in [0.1, 0.15) is 29.6 Å². The van der Waals surface area contributed by atoms with Crippen molar-refractivity contribution < 1.29 is 22.9 Å². The van der Waals surface area contributed by atoms with Crippen LogP contribution in [0.15, 0.2) is 51.4 Å². The number of furan rings is 1. The van der Waals surface area contributed by atoms with Crippen molar-refractivity contribution in [2.45, 2.75) is 13.5 Å². The van der Waals surface area contributed by atoms with Gasteiger partial charge in [-0.1, -0.05) is 5.16 Å². The number of carbonyl (C=O) groups is 1. The molecule has 3 aromatic rings. The van der Waals surface area contributed by atoms with Crippen LogP contribution in [-0.2, 0) is 11.3 Å². The molecule has 22 heavy (non-hydrogen) atoms. The molecule has 0 saturated carbocycles. The molecule has 2 heterocycles. The predicted molar refractivity (Wildman–Crippen MR) is 74.5 cm³/mol. The standard InChI is InChI=1S/C16H12FNO4/c1-10-8-13(18-22-10)9-20-16(19)15-7-6-14(21-15)11-2-4-12(17)5-3-11/h2-8H,9H2,1H3. The maximum Gasteiger partial charge on any atom is 0.374 e. The number of carbonyl (C=O) groups excluding carboxylic acids is 1. The smallest absolute Gasteiger partial charge is 0.374 e. The van der Waals surface area contributed by atoms with Crippen molar-refractivity contribution in [3.05, 3.63) is 65.5 Å². The van der Waals surface area contributed by atoms with Gasteiger partial charge in [-0.3, -0.25) is 0 Å². The summed E-state index contributed by atoms with van der Waals surface area (Å²) in [6, 6.07) is 10.6. The monoisotopic (exact) mass is 301 g/mol. The Morgan fingerprint density at radius 1 is 1.23 bits per heavy atom. The van der Waals surface area contributed by atoms with Gasteiger partial charge in [-0.15, -0.1) is 0 Å². The van der Waals surface area contributed by atoms with E-state index >= 15 is 0 Å². The van der Waals surface area contributed by atoms with Crippen molar-refractivity contribution in [3.8, 4) is 11.3 Å². The van der Waals surface area contributed by atoms with Gasteiger partial charge in [0.15, 0.2) is 0 Å². The lowest BCUT2D eigenvalue weighted by atomic mass is 10.2. The van der Waals surface area contributed by atoms with Crippen LogP contribution in [0.25, 0.3) is 11.3 Å². The van der Waals surface area contributed by atoms with Gasteiger partial charge in [0.2, 0.25) is 5.76 Å². The molecule has 0 radical (unpaired) electrons. The Hall–Kier alpha value is -2.89. The van der Waals surface area contributed by atoms with Crippen LogP contribution in [0.5, 0.6) is 0 Å². The molecule has 0 amide bonds. The highest BCUT2D eigenvalue weighted by Crippen LogP contribution is 2.23. The summed E-state index contributed by atoms with van der Waals surface area (Å²) in [5.41, 5.74) is 1.20. The highest BCUT2D eigenvalue weighted by Gasteiger charge is 2.14. The summed E-state index contributed by atoms with van der Waals surface area (Å²) in [5, 5.41) is 3.72. The summed E-state index contributed by atoms with van der Waals surface area (Å²) in [6.07, 6.45) is 0. The Morgan fingerprint density at radius 2 is 2.00 bits per heavy atom. The summed E-state index contributed by atoms with van der Waals surface area (Å²) < 4.78 is 28.3. The Balaban J connectivity index is 1.67. The molecule has 0 atom stereocenters. The number of rotatable bonds is 4. The normalized spacial score (nSPS) is 10.6. The van der Waals surface area contributed by atoms with Crippen LogP contribution in [0.3, 0.4) is 0 Å². The molecular weight excluding hydrogens is 289 g/mol. The zero-order chi connectivity index (χ0) is 15.5. The quantitative estimate of drug-likeness (QED) is 0.687. The summed E-state index contributed by atoms with van der Waals surface area (Å²) >= 11 is 0. The van der Waals surface area contributed by atoms with Crippen molar-refractivity contribution in [1.29, 1.82) is 0 Å². The molecule has 0 spiro atoms. The minimum atomic E-state index is -0.603. The summed E-state index contributed by atoms with van der Waals surface area (Å²) in [5.74, 6) is 0.235. The first kappa shape index (κ1) is 14.1. The van der Waals surface area contributed by atoms with E-state index in [1.807, 2.05) is 0 Å². The van der Waals surface area contributed by atoms with Crippen molar-refractivity contribution in [3.63, 3.8) is 0 Å². The number of aromatic nitrogens is 1. The molecule has 0 fully saturated rings. The number of hydrogen-bond donors (Lipinski definition) is 0. The predicted octanol–water partition coefficient (Wildman–Crippen LogP) is 3.74. The molecule has 0 unspecified atom stereocenters. The molecule has 2 aromatic heterocycles. The Morgan fingerprint density at radius 3 is 2.68 bits per heavy atom. The van der Waals surface area contributed by atoms with E-state index in [0.29, 0.717) is 22.8 Å². The molecule has 0 N–H and O–H groups in total. The lowest BCUT2D eigenvalue weighted by Crippen LogP contribution is -2.04. The third kappa shape index (κ3) is 3.06. The number of hydrogen-bond acceptors (Lipinski definition) is 5. The Labute approximate surface area is 125 Å². The summed E-state index contributed by atoms with van der Waals surface area (Å²) in [7, 11) is 0. The molecule has 0 aliphatic carbocycles. The Kier molecular flexibility index (Phi) is 3.74. The molecule has 1 aromatic carbocycles. The lowest BCUT2D eigenvalue weighted by Gasteiger charge is -2.00. The average Bonchev–Trinajstić information content (AvgIpc) is 3.15. The Bertz CT molecular complexity index is 789. The van der Waals surface area contributed by atoms with Gasteiger partial charge in [-0.25, -0.2) is 9.18 Å². The van der Waals surface area contributed by atoms with Gasteiger partial charge < -0.3 is 13.7 Å². The fourth-order valence-electron chi connectivity index (χ4n) is 1.91. The molecule has 3 rings (SSSR count). The molecule has 0 aliphatic rings. The van der Waals surface area contributed by atoms with Crippen molar-refractivity contribution in [2.24, 2.45) is 0 Å². The van der Waals surface area contributed by atoms with Crippen molar-refractivity contribution in [1.82, 2.24) is 5.16 Å². The second-order valence-corrected chi connectivity index (χ2v) is 4.68. The molecule has 0 saturated heterocycles. The number of aryl methyl sites for hydroxylation is 1. The highest BCUT2D eigenvalue weighted by molar-refractivity contribution is 5.87. The summed E-state index contributed by atoms with van der Waals surface area (Å²) in [4.78, 5) is 11.9. The number of esters is 1. The number of ether oxygens (including phenoxy) is 1. The van der Waals surface area contributed by atoms with Gasteiger partial charge in [-0.2, -0.15) is 0 Å². The fourth-order valence-corrected chi connectivity index (χ4v) is 1.91. The molecule has 5 nitrogen and oxygen atoms in total. The molecular formula is C16H12FNO4. The van der Waals surface area contributed by atoms with Crippen LogP contribution in [0.2, 0.25) is 0 Å². The maximum absolute atomic E-state index is 12.9. The van der Waals surface area contributed by atoms with Crippen LogP contribution in [-0.4, -0.2) is 11.1 Å². The largest absolute Gasteiger partial charge is 0.453 e. The maximum atomic E-state index is 12.9. The third-order valence-corrected chi connectivity index (χ3v) is 2.96. The van der Waals surface area contributed by atoms with E-state index in [2.05, 4.69) is 5.16 Å². The van der Waals surface area contributed by atoms with Crippen molar-refractivity contribution >= 4 is 5.97 Å². The topological polar surface area (TPSA) is 65.5 Å². The number of halogens is 1. The van der Waals surface area contributed by atoms with Crippen LogP contribution in [0.4, 0.5) is 4.39 Å². The second-order valence-electron chi connectivity index (χ2n) is 4.68. The van der Waals surface area contributed by atoms with Crippen LogP contribution in [0, 0.1) is 12.7 Å². The highest BCUT2D eigenvalue weighted by atomic mass is 19.1. The molecule has 0 bridgehead atoms. The van der Waals surface area contributed by atoms with E-state index in [-0.39, 0.29) is 18.2 Å². The van der Waals surface area contributed by atoms with E-state index in [1.54, 1.807) is 31.2 Å². The van der Waals surface area contributed by atoms with Gasteiger partial charge in [-0.05, 0) is 43.3 Å². The molecule has 0 aliphatic heterocycles. The first-order valence-corrected chi connectivity index (χ1v) is 6.57. The minimum Gasteiger partial charge on any atom is -0.453 e. The van der Waals surface area contributed by atoms with Gasteiger partial charge in [0.25, 0.3) is 0 Å². The first-order chi connectivity index (χ1) is 10.6. The van der Waals surface area contributed by atoms with Gasteiger partial charge in [0.05, 0.1) is 0 Å². The van der Waals surface area contributed by atoms with Crippen LogP contribution in [0.1, 0.15) is 22.0 Å². The minimum absolute atomic E-state index is 0.00273. The second kappa shape index (κ2) is 5.85. The number of benzene rings is 1. The van der Waals surface area contributed by atoms with E-state index in [9.17, 15) is 9.18 Å². The third-order valence-electron chi connectivity index (χ3n) is 2.96. The molecule has 6 heteroatoms. The average molecular weight is 301 g/mol. The van der Waals surface area contributed by atoms with Gasteiger partial charge in [0, 0.05) is 11.6 Å². The first-order valence-electron chi connectivity index (χ1n) is 6.57. The molecule has 112 valence electrons. The van der Waals surface area contributed by atoms with Gasteiger partial charge >= 0.3 is 5.97 Å². The SMILES string of the molecule is Cc1cc(COC(=O)c2ccc(-c3ccc(F)cc3)o2)no1. The zero-order valence-electron chi connectivity index (χ0n) is 11.7. The zero-order valence-corrected chi connectivity index (χ0v) is 11.7. The van der Waals surface area contributed by atoms with Crippen LogP contribution >= 0.6 is 0 Å². The van der Waals surface area contributed by atoms with E-state index in [0.717, 1.165) is 0 Å². The van der Waals surface area contributed by atoms with Crippen molar-refractivity contribution in [2.75, 3.05) is 0 Å². The summed E-state index contributed by atoms with van der Waals surface area (Å²) in [6.45, 7) is 1.75. The number of nitrogens with zero attached hydrogens (tertiary/aromatic N) is 1. The van der Waals surface area contributed by atoms with E-state index in [4.69, 9.17) is 13.7 Å².